The van der Waals surface area contributed by atoms with Gasteiger partial charge < -0.3 is 20.9 Å². The van der Waals surface area contributed by atoms with Crippen molar-refractivity contribution in [2.24, 2.45) is 5.73 Å². The van der Waals surface area contributed by atoms with Crippen molar-refractivity contribution in [3.8, 4) is 0 Å². The van der Waals surface area contributed by atoms with E-state index in [9.17, 15) is 9.59 Å². The normalized spacial score (nSPS) is 13.9. The molecule has 2 amide bonds. The molecule has 7 heteroatoms. The maximum absolute atomic E-state index is 12.8. The van der Waals surface area contributed by atoms with E-state index in [1.54, 1.807) is 12.1 Å². The van der Waals surface area contributed by atoms with Crippen LogP contribution in [0.4, 0.5) is 11.4 Å². The summed E-state index contributed by atoms with van der Waals surface area (Å²) < 4.78 is 0.939. The zero-order valence-electron chi connectivity index (χ0n) is 14.6. The predicted octanol–water partition coefficient (Wildman–Crippen LogP) is 3.88. The van der Waals surface area contributed by atoms with Crippen LogP contribution in [-0.4, -0.2) is 29.9 Å². The predicted molar refractivity (Wildman–Crippen MR) is 110 cm³/mol. The molecule has 0 radical (unpaired) electrons. The summed E-state index contributed by atoms with van der Waals surface area (Å²) in [5.74, 6) is -0.779. The number of rotatable bonds is 4. The van der Waals surface area contributed by atoms with Crippen LogP contribution in [0.25, 0.3) is 10.9 Å². The fourth-order valence-electron chi connectivity index (χ4n) is 3.43. The zero-order valence-corrected chi connectivity index (χ0v) is 16.2. The van der Waals surface area contributed by atoms with Gasteiger partial charge in [0, 0.05) is 34.0 Å². The number of nitrogens with zero attached hydrogens (tertiary/aromatic N) is 1. The molecule has 1 aliphatic rings. The zero-order chi connectivity index (χ0) is 19.0. The number of aromatic amines is 1. The fourth-order valence-corrected chi connectivity index (χ4v) is 3.80. The maximum Gasteiger partial charge on any atom is 0.272 e. The largest absolute Gasteiger partial charge is 0.370 e. The van der Waals surface area contributed by atoms with Gasteiger partial charge in [0.1, 0.15) is 5.69 Å². The average Bonchev–Trinajstić information content (AvgIpc) is 3.30. The summed E-state index contributed by atoms with van der Waals surface area (Å²) in [6.07, 6.45) is 2.23. The molecule has 0 saturated carbocycles. The number of fused-ring (bicyclic) bond motifs is 1. The first kappa shape index (κ1) is 17.6. The number of amides is 2. The van der Waals surface area contributed by atoms with Crippen molar-refractivity contribution in [1.82, 2.24) is 4.98 Å². The van der Waals surface area contributed by atoms with E-state index in [4.69, 9.17) is 5.73 Å². The summed E-state index contributed by atoms with van der Waals surface area (Å²) in [5.41, 5.74) is 8.62. The quantitative estimate of drug-likeness (QED) is 0.590. The molecule has 1 fully saturated rings. The SMILES string of the molecule is NC(=O)c1ccc(N2CCCC2)c(NC(=O)c2cc3ccc(Br)cc3[nH]2)c1. The summed E-state index contributed by atoms with van der Waals surface area (Å²) in [4.78, 5) is 29.8. The number of nitrogens with one attached hydrogen (secondary N) is 2. The second kappa shape index (κ2) is 7.08. The third-order valence-electron chi connectivity index (χ3n) is 4.81. The van der Waals surface area contributed by atoms with Gasteiger partial charge in [-0.25, -0.2) is 0 Å². The topological polar surface area (TPSA) is 91.2 Å². The molecule has 0 unspecified atom stereocenters. The summed E-state index contributed by atoms with van der Waals surface area (Å²) in [6, 6.07) is 12.8. The van der Waals surface area contributed by atoms with Gasteiger partial charge in [0.25, 0.3) is 5.91 Å². The van der Waals surface area contributed by atoms with Crippen LogP contribution in [0.2, 0.25) is 0 Å². The Kier molecular flexibility index (Phi) is 4.61. The van der Waals surface area contributed by atoms with Crippen LogP contribution in [0.15, 0.2) is 46.9 Å². The number of primary amides is 1. The van der Waals surface area contributed by atoms with Gasteiger partial charge in [-0.2, -0.15) is 0 Å². The van der Waals surface area contributed by atoms with E-state index in [1.807, 2.05) is 30.3 Å². The van der Waals surface area contributed by atoms with E-state index in [0.29, 0.717) is 16.9 Å². The van der Waals surface area contributed by atoms with Crippen LogP contribution in [0.5, 0.6) is 0 Å². The Bertz CT molecular complexity index is 1040. The van der Waals surface area contributed by atoms with Crippen molar-refractivity contribution in [2.75, 3.05) is 23.3 Å². The van der Waals surface area contributed by atoms with Crippen molar-refractivity contribution < 1.29 is 9.59 Å². The Labute approximate surface area is 164 Å². The monoisotopic (exact) mass is 426 g/mol. The average molecular weight is 427 g/mol. The van der Waals surface area contributed by atoms with Gasteiger partial charge in [-0.1, -0.05) is 22.0 Å². The summed E-state index contributed by atoms with van der Waals surface area (Å²) in [6.45, 7) is 1.86. The lowest BCUT2D eigenvalue weighted by Crippen LogP contribution is -2.22. The standard InChI is InChI=1S/C20H19BrN4O2/c21-14-5-3-12-9-17(23-15(12)11-14)20(27)24-16-10-13(19(22)26)4-6-18(16)25-7-1-2-8-25/h3-6,9-11,23H,1-2,7-8H2,(H2,22,26)(H,24,27). The smallest absolute Gasteiger partial charge is 0.272 e. The number of carbonyl (C=O) groups excluding carboxylic acids is 2. The van der Waals surface area contributed by atoms with Crippen molar-refractivity contribution in [3.63, 3.8) is 0 Å². The van der Waals surface area contributed by atoms with Crippen LogP contribution < -0.4 is 16.0 Å². The molecule has 0 aliphatic carbocycles. The van der Waals surface area contributed by atoms with Gasteiger partial charge in [-0.15, -0.1) is 0 Å². The number of nitrogens with two attached hydrogens (primary N) is 1. The summed E-state index contributed by atoms with van der Waals surface area (Å²) in [7, 11) is 0. The summed E-state index contributed by atoms with van der Waals surface area (Å²) in [5, 5.41) is 3.90. The fraction of sp³-hybridized carbons (Fsp3) is 0.200. The lowest BCUT2D eigenvalue weighted by Gasteiger charge is -2.22. The van der Waals surface area contributed by atoms with Gasteiger partial charge in [0.05, 0.1) is 11.4 Å². The first-order valence-electron chi connectivity index (χ1n) is 8.80. The Balaban J connectivity index is 1.67. The number of carbonyl (C=O) groups is 2. The highest BCUT2D eigenvalue weighted by molar-refractivity contribution is 9.10. The minimum Gasteiger partial charge on any atom is -0.370 e. The van der Waals surface area contributed by atoms with E-state index in [0.717, 1.165) is 47.0 Å². The Morgan fingerprint density at radius 3 is 2.59 bits per heavy atom. The molecule has 1 saturated heterocycles. The van der Waals surface area contributed by atoms with E-state index in [2.05, 4.69) is 31.1 Å². The van der Waals surface area contributed by atoms with Crippen LogP contribution >= 0.6 is 15.9 Å². The molecule has 0 bridgehead atoms. The van der Waals surface area contributed by atoms with Gasteiger partial charge in [0.15, 0.2) is 0 Å². The minimum atomic E-state index is -0.520. The molecular weight excluding hydrogens is 408 g/mol. The van der Waals surface area contributed by atoms with Crippen molar-refractivity contribution >= 4 is 50.0 Å². The van der Waals surface area contributed by atoms with E-state index in [1.165, 1.54) is 0 Å². The highest BCUT2D eigenvalue weighted by Crippen LogP contribution is 2.31. The molecule has 2 heterocycles. The molecule has 3 aromatic rings. The third kappa shape index (κ3) is 3.55. The third-order valence-corrected chi connectivity index (χ3v) is 5.30. The lowest BCUT2D eigenvalue weighted by atomic mass is 10.1. The van der Waals surface area contributed by atoms with E-state index >= 15 is 0 Å². The maximum atomic E-state index is 12.8. The molecule has 1 aliphatic heterocycles. The lowest BCUT2D eigenvalue weighted by molar-refractivity contribution is 0.0995. The molecule has 1 aromatic heterocycles. The van der Waals surface area contributed by atoms with Crippen LogP contribution in [0, 0.1) is 0 Å². The van der Waals surface area contributed by atoms with Crippen LogP contribution in [-0.2, 0) is 0 Å². The van der Waals surface area contributed by atoms with E-state index in [-0.39, 0.29) is 5.91 Å². The molecule has 4 rings (SSSR count). The van der Waals surface area contributed by atoms with Gasteiger partial charge >= 0.3 is 0 Å². The van der Waals surface area contributed by atoms with Crippen molar-refractivity contribution in [1.29, 1.82) is 0 Å². The van der Waals surface area contributed by atoms with Gasteiger partial charge in [-0.3, -0.25) is 9.59 Å². The van der Waals surface area contributed by atoms with Gasteiger partial charge in [-0.05, 0) is 49.2 Å². The first-order chi connectivity index (χ1) is 13.0. The molecule has 6 nitrogen and oxygen atoms in total. The Morgan fingerprint density at radius 1 is 1.07 bits per heavy atom. The van der Waals surface area contributed by atoms with Crippen molar-refractivity contribution in [3.05, 3.63) is 58.2 Å². The molecule has 4 N–H and O–H groups in total. The minimum absolute atomic E-state index is 0.260. The number of hydrogen-bond acceptors (Lipinski definition) is 3. The number of hydrogen-bond donors (Lipinski definition) is 3. The highest BCUT2D eigenvalue weighted by Gasteiger charge is 2.19. The number of benzene rings is 2. The second-order valence-electron chi connectivity index (χ2n) is 6.66. The number of anilines is 2. The van der Waals surface area contributed by atoms with Crippen LogP contribution in [0.3, 0.4) is 0 Å². The van der Waals surface area contributed by atoms with E-state index < -0.39 is 5.91 Å². The number of aromatic nitrogens is 1. The Morgan fingerprint density at radius 2 is 1.85 bits per heavy atom. The molecular formula is C20H19BrN4O2. The first-order valence-corrected chi connectivity index (χ1v) is 9.59. The Hall–Kier alpha value is -2.80. The number of halogens is 1. The van der Waals surface area contributed by atoms with Crippen LogP contribution in [0.1, 0.15) is 33.7 Å². The molecule has 0 spiro atoms. The van der Waals surface area contributed by atoms with Crippen molar-refractivity contribution in [2.45, 2.75) is 12.8 Å². The second-order valence-corrected chi connectivity index (χ2v) is 7.57. The van der Waals surface area contributed by atoms with Gasteiger partial charge in [0.2, 0.25) is 5.91 Å². The molecule has 0 atom stereocenters. The molecule has 27 heavy (non-hydrogen) atoms. The number of H-pyrrole nitrogens is 1. The molecule has 2 aromatic carbocycles. The summed E-state index contributed by atoms with van der Waals surface area (Å²) >= 11 is 3.43. The molecule has 138 valence electrons. The highest BCUT2D eigenvalue weighted by atomic mass is 79.9.